The number of hydrogen-bond donors (Lipinski definition) is 0. The molecule has 0 amide bonds. The van der Waals surface area contributed by atoms with Crippen molar-refractivity contribution in [1.82, 2.24) is 0 Å². The van der Waals surface area contributed by atoms with Crippen LogP contribution in [0.5, 0.6) is 0 Å². The molecule has 0 N–H and O–H groups in total. The number of benzene rings is 2. The Kier molecular flexibility index (Phi) is 6.84. The van der Waals surface area contributed by atoms with Gasteiger partial charge in [0.15, 0.2) is 0 Å². The first-order valence-corrected chi connectivity index (χ1v) is 18.0. The molecule has 3 heteroatoms. The van der Waals surface area contributed by atoms with Gasteiger partial charge in [-0.15, -0.1) is 0 Å². The molecular formula is C28H30Cl2Hf. The molecule has 0 bridgehead atoms. The molecule has 1 aliphatic heterocycles. The van der Waals surface area contributed by atoms with Gasteiger partial charge >= 0.3 is 181 Å². The minimum atomic E-state index is -2.92. The van der Waals surface area contributed by atoms with E-state index in [0.717, 1.165) is 12.8 Å². The predicted molar refractivity (Wildman–Crippen MR) is 122 cm³/mol. The molecule has 1 fully saturated rings. The van der Waals surface area contributed by atoms with Gasteiger partial charge in [0.1, 0.15) is 0 Å². The fourth-order valence-corrected chi connectivity index (χ4v) is 38.1. The Balaban J connectivity index is 0.00000136. The maximum atomic E-state index is 2.59. The van der Waals surface area contributed by atoms with Crippen LogP contribution in [0.2, 0.25) is 6.34 Å². The van der Waals surface area contributed by atoms with E-state index >= 15 is 0 Å². The summed E-state index contributed by atoms with van der Waals surface area (Å²) in [4.78, 5) is 0. The molecule has 0 atom stereocenters. The monoisotopic (exact) mass is 616 g/mol. The number of hydrogen-bond acceptors (Lipinski definition) is 0. The molecule has 31 heavy (non-hydrogen) atoms. The zero-order valence-corrected chi connectivity index (χ0v) is 23.9. The van der Waals surface area contributed by atoms with Crippen LogP contribution in [0.1, 0.15) is 51.7 Å². The van der Waals surface area contributed by atoms with Crippen LogP contribution in [0.3, 0.4) is 0 Å². The van der Waals surface area contributed by atoms with Gasteiger partial charge < -0.3 is 24.8 Å². The molecule has 2 aliphatic carbocycles. The van der Waals surface area contributed by atoms with E-state index in [1.54, 1.807) is 0 Å². The third-order valence-electron chi connectivity index (χ3n) is 8.30. The molecule has 2 aromatic carbocycles. The molecule has 0 saturated carbocycles. The van der Waals surface area contributed by atoms with Gasteiger partial charge in [0, 0.05) is 0 Å². The Morgan fingerprint density at radius 2 is 0.935 bits per heavy atom. The van der Waals surface area contributed by atoms with Crippen LogP contribution in [0.15, 0.2) is 91.6 Å². The van der Waals surface area contributed by atoms with Crippen LogP contribution in [-0.4, -0.2) is 0 Å². The van der Waals surface area contributed by atoms with E-state index in [0.29, 0.717) is 6.34 Å². The quantitative estimate of drug-likeness (QED) is 0.464. The average molecular weight is 616 g/mol. The van der Waals surface area contributed by atoms with Crippen LogP contribution >= 0.6 is 0 Å². The minimum Gasteiger partial charge on any atom is -1.00 e. The van der Waals surface area contributed by atoms with Crippen molar-refractivity contribution in [3.63, 3.8) is 0 Å². The topological polar surface area (TPSA) is 0 Å². The predicted octanol–water partition coefficient (Wildman–Crippen LogP) is 2.30. The first-order chi connectivity index (χ1) is 13.9. The summed E-state index contributed by atoms with van der Waals surface area (Å²) in [5.74, 6) is 0. The zero-order chi connectivity index (χ0) is 20.3. The van der Waals surface area contributed by atoms with Crippen molar-refractivity contribution in [2.75, 3.05) is 0 Å². The van der Waals surface area contributed by atoms with E-state index < -0.39 is 20.0 Å². The fraction of sp³-hybridized carbons (Fsp3) is 0.286. The van der Waals surface area contributed by atoms with Crippen molar-refractivity contribution in [2.45, 2.75) is 46.9 Å². The van der Waals surface area contributed by atoms with Crippen molar-refractivity contribution in [1.29, 1.82) is 0 Å². The summed E-state index contributed by atoms with van der Waals surface area (Å²) in [6.45, 7) is 10.3. The summed E-state index contributed by atoms with van der Waals surface area (Å²) in [6.07, 6.45) is 12.5. The van der Waals surface area contributed by atoms with Gasteiger partial charge in [0.25, 0.3) is 0 Å². The summed E-state index contributed by atoms with van der Waals surface area (Å²) >= 11 is -2.92. The second-order valence-corrected chi connectivity index (χ2v) is 28.8. The Morgan fingerprint density at radius 3 is 1.26 bits per heavy atom. The van der Waals surface area contributed by atoms with Gasteiger partial charge in [-0.2, -0.15) is 0 Å². The van der Waals surface area contributed by atoms with Crippen LogP contribution < -0.4 is 24.8 Å². The maximum Gasteiger partial charge on any atom is -1.00 e. The van der Waals surface area contributed by atoms with Gasteiger partial charge in [-0.05, 0) is 0 Å². The SMILES string of the molecule is C[C]1(C)[C](C)(C)[Hf+2]1([C]1=CC(c2ccccc2)=CC1)[C]1=CC(c2ccccc2)=CC1.[Cl-].[Cl-]. The Bertz CT molecular complexity index is 997. The van der Waals surface area contributed by atoms with Crippen LogP contribution in [0.4, 0.5) is 0 Å². The van der Waals surface area contributed by atoms with Crippen LogP contribution in [-0.2, 0) is 20.0 Å². The van der Waals surface area contributed by atoms with Crippen molar-refractivity contribution in [3.8, 4) is 0 Å². The summed E-state index contributed by atoms with van der Waals surface area (Å²) in [5, 5.41) is 0. The van der Waals surface area contributed by atoms with Crippen molar-refractivity contribution >= 4 is 11.1 Å². The van der Waals surface area contributed by atoms with E-state index in [1.165, 1.54) is 22.3 Å². The number of halogens is 2. The summed E-state index contributed by atoms with van der Waals surface area (Å²) in [6, 6.07) is 21.8. The standard InChI is InChI=1S/2C11H9.C6H12.2ClH.Hf/c2*1-2-6-10(7-3-1)11-8-4-5-9-11;1-5(2)6(3)4;;;/h2*1-3,6-9H,4H2;1-4H3;2*1H;/q;;;;;+2/p-2. The average Bonchev–Trinajstić information content (AvgIpc) is 3.27. The van der Waals surface area contributed by atoms with Crippen molar-refractivity contribution < 1.29 is 44.8 Å². The van der Waals surface area contributed by atoms with E-state index in [-0.39, 0.29) is 24.8 Å². The van der Waals surface area contributed by atoms with E-state index in [1.807, 2.05) is 6.66 Å². The molecule has 3 aliphatic rings. The van der Waals surface area contributed by atoms with Gasteiger partial charge in [0.05, 0.1) is 0 Å². The van der Waals surface area contributed by atoms with Crippen LogP contribution in [0, 0.1) is 0 Å². The molecule has 160 valence electrons. The van der Waals surface area contributed by atoms with E-state index in [4.69, 9.17) is 0 Å². The minimum absolute atomic E-state index is 0. The molecular weight excluding hydrogens is 586 g/mol. The third kappa shape index (κ3) is 3.43. The van der Waals surface area contributed by atoms with E-state index in [9.17, 15) is 0 Å². The fourth-order valence-electron chi connectivity index (χ4n) is 6.36. The second kappa shape index (κ2) is 8.65. The summed E-state index contributed by atoms with van der Waals surface area (Å²) in [5.41, 5.74) is 5.61. The molecule has 0 spiro atoms. The number of allylic oxidation sites excluding steroid dienone is 8. The second-order valence-electron chi connectivity index (χ2n) is 9.80. The van der Waals surface area contributed by atoms with E-state index in [2.05, 4.69) is 113 Å². The third-order valence-corrected chi connectivity index (χ3v) is 34.8. The molecule has 0 nitrogen and oxygen atoms in total. The number of rotatable bonds is 4. The molecule has 1 saturated heterocycles. The molecule has 5 rings (SSSR count). The van der Waals surface area contributed by atoms with Gasteiger partial charge in [-0.25, -0.2) is 0 Å². The zero-order valence-electron chi connectivity index (χ0n) is 18.8. The van der Waals surface area contributed by atoms with Gasteiger partial charge in [-0.1, -0.05) is 0 Å². The van der Waals surface area contributed by atoms with Crippen molar-refractivity contribution in [3.05, 3.63) is 103 Å². The summed E-state index contributed by atoms with van der Waals surface area (Å²) < 4.78 is 4.58. The largest absolute Gasteiger partial charge is 1.00 e. The molecule has 0 unspecified atom stereocenters. The van der Waals surface area contributed by atoms with Crippen molar-refractivity contribution in [2.24, 2.45) is 0 Å². The summed E-state index contributed by atoms with van der Waals surface area (Å²) in [7, 11) is 0. The molecule has 0 aromatic heterocycles. The normalized spacial score (nSPS) is 20.6. The Labute approximate surface area is 204 Å². The first kappa shape index (κ1) is 24.5. The molecule has 1 heterocycles. The van der Waals surface area contributed by atoms with Gasteiger partial charge in [0.2, 0.25) is 0 Å². The molecule has 2 aromatic rings. The Morgan fingerprint density at radius 1 is 0.581 bits per heavy atom. The van der Waals surface area contributed by atoms with Gasteiger partial charge in [-0.3, -0.25) is 0 Å². The first-order valence-electron chi connectivity index (χ1n) is 10.8. The smallest absolute Gasteiger partial charge is 1.00 e. The Hall–Kier alpha value is -1.15. The molecule has 0 radical (unpaired) electrons. The van der Waals surface area contributed by atoms with Crippen LogP contribution in [0.25, 0.3) is 11.1 Å². The maximum absolute atomic E-state index is 2.92.